The fourth-order valence-electron chi connectivity index (χ4n) is 4.63. The van der Waals surface area contributed by atoms with Crippen molar-refractivity contribution in [1.29, 1.82) is 0 Å². The number of aliphatic hydroxyl groups is 1. The highest BCUT2D eigenvalue weighted by Gasteiger charge is 2.46. The molecule has 2 aromatic rings. The Hall–Kier alpha value is -3.39. The Morgan fingerprint density at radius 1 is 1.03 bits per heavy atom. The number of benzene rings is 1. The predicted molar refractivity (Wildman–Crippen MR) is 144 cm³/mol. The average molecular weight is 510 g/mol. The molecule has 1 aromatic carbocycles. The summed E-state index contributed by atoms with van der Waals surface area (Å²) in [6, 6.07) is 7.94. The van der Waals surface area contributed by atoms with E-state index < -0.39 is 17.7 Å². The van der Waals surface area contributed by atoms with E-state index >= 15 is 0 Å². The fourth-order valence-corrected chi connectivity index (χ4v) is 4.63. The molecule has 0 saturated carbocycles. The van der Waals surface area contributed by atoms with E-state index in [2.05, 4.69) is 30.7 Å². The zero-order valence-electron chi connectivity index (χ0n) is 22.4. The van der Waals surface area contributed by atoms with Gasteiger partial charge in [-0.1, -0.05) is 39.7 Å². The van der Waals surface area contributed by atoms with Crippen LogP contribution in [-0.2, 0) is 9.59 Å². The molecule has 200 valence electrons. The predicted octanol–water partition coefficient (Wildman–Crippen LogP) is 4.81. The Balaban J connectivity index is 2.00. The topological polar surface area (TPSA) is 92.2 Å². The summed E-state index contributed by atoms with van der Waals surface area (Å²) < 4.78 is 11.5. The van der Waals surface area contributed by atoms with Crippen molar-refractivity contribution >= 4 is 17.4 Å². The number of hydrogen-bond acceptors (Lipinski definition) is 7. The minimum atomic E-state index is -0.743. The van der Waals surface area contributed by atoms with Gasteiger partial charge in [-0.3, -0.25) is 14.6 Å². The maximum atomic E-state index is 13.3. The van der Waals surface area contributed by atoms with Crippen LogP contribution >= 0.6 is 0 Å². The number of pyridine rings is 1. The van der Waals surface area contributed by atoms with Crippen LogP contribution in [0.15, 0.2) is 48.3 Å². The second-order valence-electron chi connectivity index (χ2n) is 9.07. The van der Waals surface area contributed by atoms with Crippen LogP contribution in [0.3, 0.4) is 0 Å². The first-order chi connectivity index (χ1) is 18.0. The van der Waals surface area contributed by atoms with Crippen LogP contribution in [0.1, 0.15) is 63.6 Å². The number of aromatic nitrogens is 1. The Labute approximate surface area is 219 Å². The molecule has 1 atom stereocenters. The van der Waals surface area contributed by atoms with Gasteiger partial charge in [0, 0.05) is 24.5 Å². The van der Waals surface area contributed by atoms with Gasteiger partial charge in [0.25, 0.3) is 11.7 Å². The van der Waals surface area contributed by atoms with Gasteiger partial charge in [-0.2, -0.15) is 0 Å². The number of methoxy groups -OCH3 is 1. The van der Waals surface area contributed by atoms with Crippen molar-refractivity contribution in [3.63, 3.8) is 0 Å². The summed E-state index contributed by atoms with van der Waals surface area (Å²) in [5.41, 5.74) is 1.18. The van der Waals surface area contributed by atoms with Crippen LogP contribution in [0.2, 0.25) is 0 Å². The van der Waals surface area contributed by atoms with Gasteiger partial charge in [0.2, 0.25) is 0 Å². The monoisotopic (exact) mass is 509 g/mol. The van der Waals surface area contributed by atoms with Crippen LogP contribution in [-0.4, -0.2) is 71.5 Å². The molecule has 1 unspecified atom stereocenters. The lowest BCUT2D eigenvalue weighted by atomic mass is 9.95. The lowest BCUT2D eigenvalue weighted by molar-refractivity contribution is -0.140. The largest absolute Gasteiger partial charge is 0.507 e. The molecule has 0 radical (unpaired) electrons. The number of ketones is 1. The average Bonchev–Trinajstić information content (AvgIpc) is 3.18. The second kappa shape index (κ2) is 13.8. The van der Waals surface area contributed by atoms with Gasteiger partial charge < -0.3 is 24.4 Å². The molecule has 37 heavy (non-hydrogen) atoms. The summed E-state index contributed by atoms with van der Waals surface area (Å²) >= 11 is 0. The molecule has 0 bridgehead atoms. The highest BCUT2D eigenvalue weighted by Crippen LogP contribution is 2.42. The lowest BCUT2D eigenvalue weighted by Crippen LogP contribution is -2.33. The van der Waals surface area contributed by atoms with E-state index in [1.165, 1.54) is 12.4 Å². The Kier molecular flexibility index (Phi) is 10.5. The highest BCUT2D eigenvalue weighted by atomic mass is 16.5. The van der Waals surface area contributed by atoms with Gasteiger partial charge in [-0.15, -0.1) is 0 Å². The first kappa shape index (κ1) is 28.2. The summed E-state index contributed by atoms with van der Waals surface area (Å²) in [6.07, 6.45) is 6.91. The quantitative estimate of drug-likeness (QED) is 0.169. The van der Waals surface area contributed by atoms with E-state index in [4.69, 9.17) is 9.47 Å². The molecule has 1 aliphatic rings. The van der Waals surface area contributed by atoms with E-state index in [0.717, 1.165) is 38.9 Å². The van der Waals surface area contributed by atoms with Crippen LogP contribution < -0.4 is 9.47 Å². The van der Waals surface area contributed by atoms with Gasteiger partial charge >= 0.3 is 0 Å². The van der Waals surface area contributed by atoms with Gasteiger partial charge in [0.05, 0.1) is 25.3 Å². The number of rotatable bonds is 14. The number of likely N-dealkylation sites (tertiary alicyclic amines) is 1. The van der Waals surface area contributed by atoms with Crippen LogP contribution in [0, 0.1) is 0 Å². The number of nitrogens with zero attached hydrogens (tertiary/aromatic N) is 3. The minimum Gasteiger partial charge on any atom is -0.507 e. The van der Waals surface area contributed by atoms with E-state index in [0.29, 0.717) is 42.2 Å². The van der Waals surface area contributed by atoms with E-state index in [9.17, 15) is 14.7 Å². The standard InChI is InChI=1S/C29H39N3O5/c1-5-8-9-19-37-23-12-11-22(20-24(23)36-4)26-25(27(33)21-13-15-30-16-14-21)28(34)29(35)32(26)18-10-17-31(6-2)7-3/h11-16,20,26,33H,5-10,17-19H2,1-4H3. The van der Waals surface area contributed by atoms with Crippen molar-refractivity contribution in [2.24, 2.45) is 0 Å². The molecule has 3 rings (SSSR count). The number of amides is 1. The molecule has 1 fully saturated rings. The zero-order chi connectivity index (χ0) is 26.8. The Morgan fingerprint density at radius 3 is 2.41 bits per heavy atom. The molecule has 1 aromatic heterocycles. The molecule has 2 heterocycles. The molecule has 0 aliphatic carbocycles. The van der Waals surface area contributed by atoms with Crippen molar-refractivity contribution in [3.05, 3.63) is 59.4 Å². The Morgan fingerprint density at radius 2 is 1.76 bits per heavy atom. The van der Waals surface area contributed by atoms with Crippen molar-refractivity contribution in [1.82, 2.24) is 14.8 Å². The summed E-state index contributed by atoms with van der Waals surface area (Å²) in [5, 5.41) is 11.2. The maximum absolute atomic E-state index is 13.3. The molecule has 1 saturated heterocycles. The molecule has 0 spiro atoms. The van der Waals surface area contributed by atoms with E-state index in [-0.39, 0.29) is 11.3 Å². The number of carbonyl (C=O) groups excluding carboxylic acids is 2. The SMILES string of the molecule is CCCCCOc1ccc(C2C(=C(O)c3ccncc3)C(=O)C(=O)N2CCCN(CC)CC)cc1OC. The highest BCUT2D eigenvalue weighted by molar-refractivity contribution is 6.46. The second-order valence-corrected chi connectivity index (χ2v) is 9.07. The van der Waals surface area contributed by atoms with Crippen molar-refractivity contribution in [2.75, 3.05) is 39.9 Å². The van der Waals surface area contributed by atoms with E-state index in [1.807, 2.05) is 12.1 Å². The molecular formula is C29H39N3O5. The third kappa shape index (κ3) is 6.68. The van der Waals surface area contributed by atoms with Crippen molar-refractivity contribution in [3.8, 4) is 11.5 Å². The molecule has 8 nitrogen and oxygen atoms in total. The van der Waals surface area contributed by atoms with Gasteiger partial charge in [0.15, 0.2) is 11.5 Å². The van der Waals surface area contributed by atoms with Gasteiger partial charge in [-0.05, 0) is 62.3 Å². The number of Topliss-reactive ketones (excluding diaryl/α,β-unsaturated/α-hetero) is 1. The van der Waals surface area contributed by atoms with Crippen LogP contribution in [0.5, 0.6) is 11.5 Å². The Bertz CT molecular complexity index is 1080. The van der Waals surface area contributed by atoms with Crippen LogP contribution in [0.25, 0.3) is 5.76 Å². The van der Waals surface area contributed by atoms with Crippen molar-refractivity contribution in [2.45, 2.75) is 52.5 Å². The maximum Gasteiger partial charge on any atom is 0.295 e. The lowest BCUT2D eigenvalue weighted by Gasteiger charge is -2.27. The number of aliphatic hydroxyl groups excluding tert-OH is 1. The van der Waals surface area contributed by atoms with Gasteiger partial charge in [-0.25, -0.2) is 0 Å². The molecule has 1 N–H and O–H groups in total. The third-order valence-corrected chi connectivity index (χ3v) is 6.77. The first-order valence-corrected chi connectivity index (χ1v) is 13.2. The summed E-state index contributed by atoms with van der Waals surface area (Å²) in [4.78, 5) is 34.3. The number of ether oxygens (including phenoxy) is 2. The molecule has 8 heteroatoms. The van der Waals surface area contributed by atoms with Gasteiger partial charge in [0.1, 0.15) is 5.76 Å². The number of unbranched alkanes of at least 4 members (excludes halogenated alkanes) is 2. The van der Waals surface area contributed by atoms with E-state index in [1.54, 1.807) is 30.2 Å². The summed E-state index contributed by atoms with van der Waals surface area (Å²) in [7, 11) is 1.57. The normalized spacial score (nSPS) is 17.0. The summed E-state index contributed by atoms with van der Waals surface area (Å²) in [6.45, 7) is 9.94. The van der Waals surface area contributed by atoms with Crippen LogP contribution in [0.4, 0.5) is 0 Å². The molecule has 1 aliphatic heterocycles. The minimum absolute atomic E-state index is 0.0673. The molecule has 1 amide bonds. The molecular weight excluding hydrogens is 470 g/mol. The fraction of sp³-hybridized carbons (Fsp3) is 0.483. The van der Waals surface area contributed by atoms with Crippen molar-refractivity contribution < 1.29 is 24.2 Å². The third-order valence-electron chi connectivity index (χ3n) is 6.77. The number of hydrogen-bond donors (Lipinski definition) is 1. The zero-order valence-corrected chi connectivity index (χ0v) is 22.4. The summed E-state index contributed by atoms with van der Waals surface area (Å²) in [5.74, 6) is -0.391. The number of carbonyl (C=O) groups is 2. The smallest absolute Gasteiger partial charge is 0.295 e. The first-order valence-electron chi connectivity index (χ1n) is 13.2.